The molecule has 0 unspecified atom stereocenters. The zero-order valence-electron chi connectivity index (χ0n) is 13.5. The van der Waals surface area contributed by atoms with E-state index in [4.69, 9.17) is 4.42 Å². The van der Waals surface area contributed by atoms with Crippen molar-refractivity contribution in [2.45, 2.75) is 31.7 Å². The van der Waals surface area contributed by atoms with Crippen molar-refractivity contribution in [1.29, 1.82) is 0 Å². The van der Waals surface area contributed by atoms with Crippen molar-refractivity contribution < 1.29 is 9.21 Å². The number of carbonyl (C=O) groups is 1. The maximum Gasteiger partial charge on any atom is 0.247 e. The molecule has 0 aliphatic carbocycles. The molecule has 7 heteroatoms. The minimum atomic E-state index is -0.352. The first-order valence-corrected chi connectivity index (χ1v) is 8.21. The van der Waals surface area contributed by atoms with Crippen LogP contribution in [0.3, 0.4) is 0 Å². The fourth-order valence-electron chi connectivity index (χ4n) is 3.24. The normalized spacial score (nSPS) is 19.5. The molecule has 2 aromatic heterocycles. The lowest BCUT2D eigenvalue weighted by molar-refractivity contribution is -0.135. The third-order valence-corrected chi connectivity index (χ3v) is 4.58. The van der Waals surface area contributed by atoms with Crippen LogP contribution in [-0.2, 0) is 4.79 Å². The van der Waals surface area contributed by atoms with Gasteiger partial charge in [-0.15, -0.1) is 0 Å². The van der Waals surface area contributed by atoms with E-state index in [1.165, 1.54) is 6.33 Å². The van der Waals surface area contributed by atoms with Gasteiger partial charge in [0, 0.05) is 13.1 Å². The molecule has 2 atom stereocenters. The number of nitrogens with zero attached hydrogens (tertiary/aromatic N) is 5. The van der Waals surface area contributed by atoms with Gasteiger partial charge in [0.05, 0.1) is 5.92 Å². The summed E-state index contributed by atoms with van der Waals surface area (Å²) in [5, 5.41) is 4.07. The van der Waals surface area contributed by atoms with Crippen molar-refractivity contribution in [2.75, 3.05) is 13.1 Å². The Morgan fingerprint density at radius 2 is 2.25 bits per heavy atom. The van der Waals surface area contributed by atoms with Crippen molar-refractivity contribution in [3.05, 3.63) is 42.8 Å². The number of amides is 1. The zero-order valence-corrected chi connectivity index (χ0v) is 13.5. The van der Waals surface area contributed by atoms with Crippen LogP contribution in [0.2, 0.25) is 0 Å². The number of oxazole rings is 1. The Morgan fingerprint density at radius 3 is 3.04 bits per heavy atom. The van der Waals surface area contributed by atoms with Gasteiger partial charge >= 0.3 is 0 Å². The highest BCUT2D eigenvalue weighted by molar-refractivity contribution is 5.80. The summed E-state index contributed by atoms with van der Waals surface area (Å²) in [6.45, 7) is 3.24. The second-order valence-electron chi connectivity index (χ2n) is 6.19. The zero-order chi connectivity index (χ0) is 16.5. The van der Waals surface area contributed by atoms with Gasteiger partial charge in [0.25, 0.3) is 0 Å². The number of rotatable bonds is 3. The molecular formula is C17H19N5O2. The summed E-state index contributed by atoms with van der Waals surface area (Å²) < 4.78 is 7.48. The topological polar surface area (TPSA) is 77.0 Å². The summed E-state index contributed by atoms with van der Waals surface area (Å²) in [6, 6.07) is 7.40. The molecule has 7 nitrogen and oxygen atoms in total. The van der Waals surface area contributed by atoms with E-state index in [0.717, 1.165) is 36.4 Å². The highest BCUT2D eigenvalue weighted by Crippen LogP contribution is 2.29. The second-order valence-corrected chi connectivity index (χ2v) is 6.19. The number of aromatic nitrogens is 4. The molecule has 3 heterocycles. The van der Waals surface area contributed by atoms with Gasteiger partial charge in [0.1, 0.15) is 24.2 Å². The molecule has 0 N–H and O–H groups in total. The van der Waals surface area contributed by atoms with Gasteiger partial charge in [-0.1, -0.05) is 12.1 Å². The van der Waals surface area contributed by atoms with Crippen LogP contribution in [0.5, 0.6) is 0 Å². The maximum atomic E-state index is 12.7. The van der Waals surface area contributed by atoms with Crippen LogP contribution in [0.25, 0.3) is 11.1 Å². The largest absolute Gasteiger partial charge is 0.440 e. The molecule has 124 valence electrons. The van der Waals surface area contributed by atoms with Gasteiger partial charge in [-0.2, -0.15) is 5.10 Å². The van der Waals surface area contributed by atoms with Crippen LogP contribution in [0.15, 0.2) is 41.3 Å². The highest BCUT2D eigenvalue weighted by Gasteiger charge is 2.30. The molecule has 24 heavy (non-hydrogen) atoms. The Bertz CT molecular complexity index is 809. The molecule has 1 aliphatic heterocycles. The van der Waals surface area contributed by atoms with Gasteiger partial charge in [-0.25, -0.2) is 14.6 Å². The lowest BCUT2D eigenvalue weighted by Gasteiger charge is -2.33. The summed E-state index contributed by atoms with van der Waals surface area (Å²) >= 11 is 0. The minimum Gasteiger partial charge on any atom is -0.440 e. The Kier molecular flexibility index (Phi) is 3.76. The summed E-state index contributed by atoms with van der Waals surface area (Å²) in [4.78, 5) is 23.1. The Balaban J connectivity index is 1.52. The van der Waals surface area contributed by atoms with Crippen LogP contribution in [0, 0.1) is 0 Å². The van der Waals surface area contributed by atoms with E-state index in [-0.39, 0.29) is 17.9 Å². The second kappa shape index (κ2) is 6.07. The monoisotopic (exact) mass is 325 g/mol. The van der Waals surface area contributed by atoms with Crippen molar-refractivity contribution in [3.63, 3.8) is 0 Å². The molecule has 0 bridgehead atoms. The predicted molar refractivity (Wildman–Crippen MR) is 87.3 cm³/mol. The molecule has 0 spiro atoms. The Morgan fingerprint density at radius 1 is 1.38 bits per heavy atom. The van der Waals surface area contributed by atoms with Crippen molar-refractivity contribution >= 4 is 17.0 Å². The first kappa shape index (κ1) is 14.9. The van der Waals surface area contributed by atoms with Crippen molar-refractivity contribution in [3.8, 4) is 0 Å². The average molecular weight is 325 g/mol. The fraction of sp³-hybridized carbons (Fsp3) is 0.412. The molecule has 0 radical (unpaired) electrons. The summed E-state index contributed by atoms with van der Waals surface area (Å²) in [6.07, 6.45) is 4.94. The van der Waals surface area contributed by atoms with Gasteiger partial charge in [-0.3, -0.25) is 4.79 Å². The predicted octanol–water partition coefficient (Wildman–Crippen LogP) is 2.39. The van der Waals surface area contributed by atoms with Crippen LogP contribution in [0.1, 0.15) is 37.6 Å². The molecule has 1 fully saturated rings. The number of carbonyl (C=O) groups excluding carboxylic acids is 1. The van der Waals surface area contributed by atoms with Gasteiger partial charge in [0.15, 0.2) is 11.5 Å². The first-order chi connectivity index (χ1) is 11.7. The van der Waals surface area contributed by atoms with E-state index in [9.17, 15) is 4.79 Å². The highest BCUT2D eigenvalue weighted by atomic mass is 16.3. The lowest BCUT2D eigenvalue weighted by atomic mass is 9.97. The molecule has 1 aromatic carbocycles. The number of hydrogen-bond acceptors (Lipinski definition) is 5. The summed E-state index contributed by atoms with van der Waals surface area (Å²) in [5.74, 6) is 0.918. The van der Waals surface area contributed by atoms with Gasteiger partial charge < -0.3 is 9.32 Å². The first-order valence-electron chi connectivity index (χ1n) is 8.21. The standard InChI is InChI=1S/C17H19N5O2/c1-12(22-11-18-10-19-22)17(23)21-8-4-5-13(9-21)16-20-14-6-2-3-7-15(14)24-16/h2-3,6-7,10-13H,4-5,8-9H2,1H3/t12-,13-/m1/s1. The quantitative estimate of drug-likeness (QED) is 0.739. The maximum absolute atomic E-state index is 12.7. The molecular weight excluding hydrogens is 306 g/mol. The SMILES string of the molecule is C[C@H](C(=O)N1CCC[C@@H](c2nc3ccccc3o2)C1)n1cncn1. The van der Waals surface area contributed by atoms with Crippen LogP contribution < -0.4 is 0 Å². The molecule has 1 aliphatic rings. The van der Waals surface area contributed by atoms with Crippen LogP contribution >= 0.6 is 0 Å². The number of benzene rings is 1. The number of piperidine rings is 1. The Hall–Kier alpha value is -2.70. The van der Waals surface area contributed by atoms with E-state index in [2.05, 4.69) is 15.1 Å². The average Bonchev–Trinajstić information content (AvgIpc) is 3.30. The van der Waals surface area contributed by atoms with E-state index >= 15 is 0 Å². The van der Waals surface area contributed by atoms with E-state index in [1.807, 2.05) is 36.1 Å². The molecule has 1 saturated heterocycles. The van der Waals surface area contributed by atoms with Crippen molar-refractivity contribution in [1.82, 2.24) is 24.6 Å². The van der Waals surface area contributed by atoms with Gasteiger partial charge in [0.2, 0.25) is 5.91 Å². The van der Waals surface area contributed by atoms with Crippen molar-refractivity contribution in [2.24, 2.45) is 0 Å². The molecule has 1 amide bonds. The third kappa shape index (κ3) is 2.66. The van der Waals surface area contributed by atoms with Crippen LogP contribution in [0.4, 0.5) is 0 Å². The minimum absolute atomic E-state index is 0.0568. The number of para-hydroxylation sites is 2. The van der Waals surface area contributed by atoms with E-state index in [0.29, 0.717) is 6.54 Å². The number of likely N-dealkylation sites (tertiary alicyclic amines) is 1. The smallest absolute Gasteiger partial charge is 0.247 e. The number of hydrogen-bond donors (Lipinski definition) is 0. The molecule has 0 saturated carbocycles. The Labute approximate surface area is 139 Å². The van der Waals surface area contributed by atoms with Crippen LogP contribution in [-0.4, -0.2) is 43.6 Å². The summed E-state index contributed by atoms with van der Waals surface area (Å²) in [5.41, 5.74) is 1.67. The summed E-state index contributed by atoms with van der Waals surface area (Å²) in [7, 11) is 0. The van der Waals surface area contributed by atoms with E-state index in [1.54, 1.807) is 11.0 Å². The number of fused-ring (bicyclic) bond motifs is 1. The fourth-order valence-corrected chi connectivity index (χ4v) is 3.24. The molecule has 3 aromatic rings. The van der Waals surface area contributed by atoms with E-state index < -0.39 is 0 Å². The third-order valence-electron chi connectivity index (χ3n) is 4.58. The lowest BCUT2D eigenvalue weighted by Crippen LogP contribution is -2.42. The molecule has 4 rings (SSSR count). The van der Waals surface area contributed by atoms with Gasteiger partial charge in [-0.05, 0) is 31.9 Å².